The van der Waals surface area contributed by atoms with E-state index in [1.807, 2.05) is 23.1 Å². The molecule has 1 saturated heterocycles. The van der Waals surface area contributed by atoms with Crippen LogP contribution in [0.1, 0.15) is 6.42 Å². The predicted octanol–water partition coefficient (Wildman–Crippen LogP) is 2.09. The molecule has 1 aliphatic rings. The van der Waals surface area contributed by atoms with Crippen molar-refractivity contribution in [1.82, 2.24) is 15.0 Å². The summed E-state index contributed by atoms with van der Waals surface area (Å²) in [4.78, 5) is 28.0. The molecule has 0 spiro atoms. The van der Waals surface area contributed by atoms with Gasteiger partial charge in [0.05, 0.1) is 18.1 Å². The van der Waals surface area contributed by atoms with Crippen LogP contribution in [0.25, 0.3) is 0 Å². The number of piperazine rings is 1. The van der Waals surface area contributed by atoms with Crippen molar-refractivity contribution in [2.45, 2.75) is 12.6 Å². The van der Waals surface area contributed by atoms with Crippen molar-refractivity contribution in [2.75, 3.05) is 41.3 Å². The van der Waals surface area contributed by atoms with E-state index in [9.17, 15) is 18.0 Å². The van der Waals surface area contributed by atoms with E-state index < -0.39 is 18.5 Å². The SMILES string of the molecule is O=C(CC(F)(F)F)Nc1cnc(N2CCN(c3ccccn3)CC2)nc1. The Morgan fingerprint density at radius 1 is 1.04 bits per heavy atom. The quantitative estimate of drug-likeness (QED) is 0.893. The lowest BCUT2D eigenvalue weighted by molar-refractivity contribution is -0.150. The normalized spacial score (nSPS) is 15.0. The van der Waals surface area contributed by atoms with Crippen molar-refractivity contribution in [3.8, 4) is 0 Å². The standard InChI is InChI=1S/C16H17F3N6O/c17-16(18,19)9-14(26)23-12-10-21-15(22-11-12)25-7-5-24(6-8-25)13-3-1-2-4-20-13/h1-4,10-11H,5-9H2,(H,23,26). The number of carbonyl (C=O) groups excluding carboxylic acids is 1. The Hall–Kier alpha value is -2.91. The topological polar surface area (TPSA) is 74.2 Å². The minimum Gasteiger partial charge on any atom is -0.353 e. The van der Waals surface area contributed by atoms with Gasteiger partial charge in [-0.2, -0.15) is 13.2 Å². The molecule has 7 nitrogen and oxygen atoms in total. The Morgan fingerprint density at radius 3 is 2.27 bits per heavy atom. The molecule has 0 aliphatic carbocycles. The third kappa shape index (κ3) is 4.80. The van der Waals surface area contributed by atoms with E-state index >= 15 is 0 Å². The second-order valence-electron chi connectivity index (χ2n) is 5.77. The number of anilines is 3. The van der Waals surface area contributed by atoms with E-state index in [2.05, 4.69) is 25.2 Å². The van der Waals surface area contributed by atoms with Gasteiger partial charge in [0.15, 0.2) is 0 Å². The van der Waals surface area contributed by atoms with Crippen LogP contribution in [0.4, 0.5) is 30.6 Å². The summed E-state index contributed by atoms with van der Waals surface area (Å²) in [5.41, 5.74) is 0.134. The van der Waals surface area contributed by atoms with E-state index in [1.165, 1.54) is 12.4 Å². The third-order valence-electron chi connectivity index (χ3n) is 3.82. The first-order chi connectivity index (χ1) is 12.4. The van der Waals surface area contributed by atoms with Gasteiger partial charge in [0.25, 0.3) is 0 Å². The van der Waals surface area contributed by atoms with Gasteiger partial charge in [0, 0.05) is 32.4 Å². The lowest BCUT2D eigenvalue weighted by atomic mass is 10.3. The van der Waals surface area contributed by atoms with E-state index in [4.69, 9.17) is 0 Å². The monoisotopic (exact) mass is 366 g/mol. The van der Waals surface area contributed by atoms with Crippen molar-refractivity contribution in [1.29, 1.82) is 0 Å². The van der Waals surface area contributed by atoms with Crippen molar-refractivity contribution >= 4 is 23.4 Å². The highest BCUT2D eigenvalue weighted by Crippen LogP contribution is 2.21. The number of aromatic nitrogens is 3. The summed E-state index contributed by atoms with van der Waals surface area (Å²) in [6.45, 7) is 2.89. The van der Waals surface area contributed by atoms with Gasteiger partial charge in [-0.15, -0.1) is 0 Å². The van der Waals surface area contributed by atoms with E-state index in [1.54, 1.807) is 6.20 Å². The number of halogens is 3. The van der Waals surface area contributed by atoms with Crippen LogP contribution in [0.3, 0.4) is 0 Å². The molecule has 10 heteroatoms. The van der Waals surface area contributed by atoms with Crippen LogP contribution < -0.4 is 15.1 Å². The highest BCUT2D eigenvalue weighted by atomic mass is 19.4. The van der Waals surface area contributed by atoms with E-state index in [0.717, 1.165) is 18.9 Å². The Bertz CT molecular complexity index is 730. The predicted molar refractivity (Wildman–Crippen MR) is 90.0 cm³/mol. The van der Waals surface area contributed by atoms with E-state index in [0.29, 0.717) is 19.0 Å². The molecule has 0 bridgehead atoms. The lowest BCUT2D eigenvalue weighted by Crippen LogP contribution is -2.47. The molecule has 3 heterocycles. The van der Waals surface area contributed by atoms with Crippen molar-refractivity contribution in [3.05, 3.63) is 36.8 Å². The minimum absolute atomic E-state index is 0.134. The zero-order valence-electron chi connectivity index (χ0n) is 13.8. The number of amides is 1. The van der Waals surface area contributed by atoms with Gasteiger partial charge >= 0.3 is 6.18 Å². The van der Waals surface area contributed by atoms with Gasteiger partial charge in [-0.25, -0.2) is 15.0 Å². The first kappa shape index (κ1) is 17.9. The summed E-state index contributed by atoms with van der Waals surface area (Å²) in [5, 5.41) is 2.14. The fourth-order valence-electron chi connectivity index (χ4n) is 2.61. The highest BCUT2D eigenvalue weighted by molar-refractivity contribution is 5.90. The average molecular weight is 366 g/mol. The number of nitrogens with one attached hydrogen (secondary N) is 1. The number of carbonyl (C=O) groups is 1. The Labute approximate surface area is 147 Å². The zero-order valence-corrected chi connectivity index (χ0v) is 13.8. The van der Waals surface area contributed by atoms with Gasteiger partial charge in [0.1, 0.15) is 12.2 Å². The Kier molecular flexibility index (Phi) is 5.19. The van der Waals surface area contributed by atoms with Crippen molar-refractivity contribution < 1.29 is 18.0 Å². The summed E-state index contributed by atoms with van der Waals surface area (Å²) >= 11 is 0. The van der Waals surface area contributed by atoms with Crippen molar-refractivity contribution in [2.24, 2.45) is 0 Å². The lowest BCUT2D eigenvalue weighted by Gasteiger charge is -2.35. The number of alkyl halides is 3. The van der Waals surface area contributed by atoms with Crippen LogP contribution in [0.2, 0.25) is 0 Å². The molecule has 3 rings (SSSR count). The molecule has 1 fully saturated rings. The maximum atomic E-state index is 12.2. The molecule has 1 amide bonds. The zero-order chi connectivity index (χ0) is 18.6. The summed E-state index contributed by atoms with van der Waals surface area (Å²) in [5.74, 6) is 0.244. The fraction of sp³-hybridized carbons (Fsp3) is 0.375. The van der Waals surface area contributed by atoms with Crippen LogP contribution >= 0.6 is 0 Å². The van der Waals surface area contributed by atoms with Gasteiger partial charge in [-0.1, -0.05) is 6.07 Å². The first-order valence-electron chi connectivity index (χ1n) is 8.00. The summed E-state index contributed by atoms with van der Waals surface area (Å²) in [6.07, 6.45) is -1.72. The van der Waals surface area contributed by atoms with Gasteiger partial charge in [-0.05, 0) is 12.1 Å². The molecule has 26 heavy (non-hydrogen) atoms. The maximum absolute atomic E-state index is 12.2. The molecule has 2 aromatic heterocycles. The number of pyridine rings is 1. The summed E-state index contributed by atoms with van der Waals surface area (Å²) in [6, 6.07) is 5.75. The van der Waals surface area contributed by atoms with Crippen LogP contribution in [-0.4, -0.2) is 53.2 Å². The average Bonchev–Trinajstić information content (AvgIpc) is 2.62. The number of hydrogen-bond donors (Lipinski definition) is 1. The molecule has 1 N–H and O–H groups in total. The Balaban J connectivity index is 1.54. The molecule has 0 radical (unpaired) electrons. The van der Waals surface area contributed by atoms with E-state index in [-0.39, 0.29) is 5.69 Å². The molecule has 0 unspecified atom stereocenters. The van der Waals surface area contributed by atoms with Crippen LogP contribution in [0, 0.1) is 0 Å². The van der Waals surface area contributed by atoms with Crippen LogP contribution in [0.5, 0.6) is 0 Å². The number of rotatable bonds is 4. The first-order valence-corrected chi connectivity index (χ1v) is 8.00. The summed E-state index contributed by atoms with van der Waals surface area (Å²) in [7, 11) is 0. The smallest absolute Gasteiger partial charge is 0.353 e. The molecule has 0 aromatic carbocycles. The van der Waals surface area contributed by atoms with Crippen molar-refractivity contribution in [3.63, 3.8) is 0 Å². The van der Waals surface area contributed by atoms with Crippen LogP contribution in [-0.2, 0) is 4.79 Å². The molecule has 1 aliphatic heterocycles. The number of hydrogen-bond acceptors (Lipinski definition) is 6. The molecular formula is C16H17F3N6O. The largest absolute Gasteiger partial charge is 0.397 e. The van der Waals surface area contributed by atoms with Gasteiger partial charge in [0.2, 0.25) is 11.9 Å². The Morgan fingerprint density at radius 2 is 1.69 bits per heavy atom. The minimum atomic E-state index is -4.54. The maximum Gasteiger partial charge on any atom is 0.397 e. The molecule has 0 saturated carbocycles. The molecule has 138 valence electrons. The second-order valence-corrected chi connectivity index (χ2v) is 5.77. The third-order valence-corrected chi connectivity index (χ3v) is 3.82. The second kappa shape index (κ2) is 7.54. The fourth-order valence-corrected chi connectivity index (χ4v) is 2.61. The molecule has 2 aromatic rings. The van der Waals surface area contributed by atoms with Crippen LogP contribution in [0.15, 0.2) is 36.8 Å². The number of nitrogens with zero attached hydrogens (tertiary/aromatic N) is 5. The molecular weight excluding hydrogens is 349 g/mol. The van der Waals surface area contributed by atoms with Gasteiger partial charge < -0.3 is 15.1 Å². The van der Waals surface area contributed by atoms with Gasteiger partial charge in [-0.3, -0.25) is 4.79 Å². The summed E-state index contributed by atoms with van der Waals surface area (Å²) < 4.78 is 36.5. The highest BCUT2D eigenvalue weighted by Gasteiger charge is 2.31. The molecule has 0 atom stereocenters.